The number of carbonyl (C=O) groups excluding carboxylic acids is 1. The molecule has 2 fully saturated rings. The van der Waals surface area contributed by atoms with Crippen LogP contribution in [0, 0.1) is 0 Å². The maximum absolute atomic E-state index is 12.1. The van der Waals surface area contributed by atoms with Gasteiger partial charge in [0.15, 0.2) is 0 Å². The Bertz CT molecular complexity index is 239. The van der Waals surface area contributed by atoms with Gasteiger partial charge in [-0.2, -0.15) is 0 Å². The first-order valence-corrected chi connectivity index (χ1v) is 6.37. The van der Waals surface area contributed by atoms with Crippen molar-refractivity contribution in [2.24, 2.45) is 0 Å². The monoisotopic (exact) mass is 262 g/mol. The normalized spacial score (nSPS) is 28.5. The van der Waals surface area contributed by atoms with Crippen LogP contribution < -0.4 is 5.32 Å². The molecule has 17 heavy (non-hydrogen) atoms. The van der Waals surface area contributed by atoms with E-state index in [0.717, 1.165) is 45.4 Å². The Balaban J connectivity index is 0.00000144. The van der Waals surface area contributed by atoms with Crippen molar-refractivity contribution in [2.75, 3.05) is 26.7 Å². The van der Waals surface area contributed by atoms with E-state index in [9.17, 15) is 4.79 Å². The van der Waals surface area contributed by atoms with Crippen LogP contribution in [0.2, 0.25) is 0 Å². The number of carbonyl (C=O) groups is 1. The van der Waals surface area contributed by atoms with Crippen molar-refractivity contribution in [3.63, 3.8) is 0 Å². The highest BCUT2D eigenvalue weighted by Gasteiger charge is 2.26. The summed E-state index contributed by atoms with van der Waals surface area (Å²) in [6, 6.07) is 0.0418. The summed E-state index contributed by atoms with van der Waals surface area (Å²) in [6.07, 6.45) is 5.83. The van der Waals surface area contributed by atoms with Crippen molar-refractivity contribution in [1.82, 2.24) is 10.2 Å². The Hall–Kier alpha value is -0.320. The van der Waals surface area contributed by atoms with Gasteiger partial charge in [-0.15, -0.1) is 12.4 Å². The predicted octanol–water partition coefficient (Wildman–Crippen LogP) is 1.19. The molecule has 100 valence electrons. The van der Waals surface area contributed by atoms with Gasteiger partial charge in [0.25, 0.3) is 0 Å². The summed E-state index contributed by atoms with van der Waals surface area (Å²) in [4.78, 5) is 13.9. The minimum atomic E-state index is 0. The van der Waals surface area contributed by atoms with E-state index in [-0.39, 0.29) is 30.5 Å². The lowest BCUT2D eigenvalue weighted by Crippen LogP contribution is -2.48. The van der Waals surface area contributed by atoms with E-state index in [1.165, 1.54) is 6.42 Å². The fourth-order valence-corrected chi connectivity index (χ4v) is 2.51. The summed E-state index contributed by atoms with van der Waals surface area (Å²) in [5.41, 5.74) is 0. The molecule has 0 aromatic rings. The molecule has 2 aliphatic rings. The minimum Gasteiger partial charge on any atom is -0.376 e. The van der Waals surface area contributed by atoms with Crippen LogP contribution in [-0.4, -0.2) is 49.7 Å². The molecule has 2 rings (SSSR count). The van der Waals surface area contributed by atoms with E-state index in [0.29, 0.717) is 0 Å². The van der Waals surface area contributed by atoms with Gasteiger partial charge in [-0.1, -0.05) is 6.42 Å². The second-order valence-electron chi connectivity index (χ2n) is 4.86. The van der Waals surface area contributed by atoms with Crippen LogP contribution in [0.25, 0.3) is 0 Å². The number of hydrogen-bond acceptors (Lipinski definition) is 3. The van der Waals surface area contributed by atoms with Gasteiger partial charge < -0.3 is 15.0 Å². The lowest BCUT2D eigenvalue weighted by atomic mass is 10.0. The number of rotatable bonds is 3. The Morgan fingerprint density at radius 2 is 2.18 bits per heavy atom. The maximum Gasteiger partial charge on any atom is 0.239 e. The lowest BCUT2D eigenvalue weighted by Gasteiger charge is -2.28. The zero-order valence-corrected chi connectivity index (χ0v) is 11.3. The molecular formula is C12H23ClN2O2. The van der Waals surface area contributed by atoms with Crippen LogP contribution in [0.4, 0.5) is 0 Å². The highest BCUT2D eigenvalue weighted by atomic mass is 35.5. The number of ether oxygens (including phenoxy) is 1. The Morgan fingerprint density at radius 1 is 1.35 bits per heavy atom. The first-order valence-electron chi connectivity index (χ1n) is 6.37. The van der Waals surface area contributed by atoms with Gasteiger partial charge in [-0.25, -0.2) is 0 Å². The largest absolute Gasteiger partial charge is 0.376 e. The molecule has 2 heterocycles. The van der Waals surface area contributed by atoms with Crippen molar-refractivity contribution in [1.29, 1.82) is 0 Å². The topological polar surface area (TPSA) is 41.6 Å². The molecule has 2 saturated heterocycles. The zero-order chi connectivity index (χ0) is 11.4. The van der Waals surface area contributed by atoms with E-state index in [1.54, 1.807) is 0 Å². The van der Waals surface area contributed by atoms with E-state index in [1.807, 2.05) is 11.9 Å². The van der Waals surface area contributed by atoms with Crippen LogP contribution >= 0.6 is 12.4 Å². The zero-order valence-electron chi connectivity index (χ0n) is 10.5. The van der Waals surface area contributed by atoms with E-state index in [2.05, 4.69) is 5.32 Å². The van der Waals surface area contributed by atoms with Crippen LogP contribution in [0.1, 0.15) is 32.1 Å². The van der Waals surface area contributed by atoms with Crippen LogP contribution in [0.3, 0.4) is 0 Å². The Kier molecular flexibility index (Phi) is 6.23. The fraction of sp³-hybridized carbons (Fsp3) is 0.917. The first kappa shape index (κ1) is 14.7. The second-order valence-corrected chi connectivity index (χ2v) is 4.86. The quantitative estimate of drug-likeness (QED) is 0.831. The highest BCUT2D eigenvalue weighted by Crippen LogP contribution is 2.14. The van der Waals surface area contributed by atoms with Gasteiger partial charge in [0.2, 0.25) is 5.91 Å². The molecule has 0 bridgehead atoms. The molecule has 1 amide bonds. The number of nitrogens with zero attached hydrogens (tertiary/aromatic N) is 1. The van der Waals surface area contributed by atoms with E-state index in [4.69, 9.17) is 4.74 Å². The maximum atomic E-state index is 12.1. The van der Waals surface area contributed by atoms with Gasteiger partial charge in [-0.3, -0.25) is 4.79 Å². The molecule has 0 aliphatic carbocycles. The average molecular weight is 263 g/mol. The van der Waals surface area contributed by atoms with Crippen LogP contribution in [0.5, 0.6) is 0 Å². The van der Waals surface area contributed by atoms with Crippen molar-refractivity contribution in [3.05, 3.63) is 0 Å². The van der Waals surface area contributed by atoms with Crippen LogP contribution in [-0.2, 0) is 9.53 Å². The number of nitrogens with one attached hydrogen (secondary N) is 1. The third-order valence-corrected chi connectivity index (χ3v) is 3.49. The molecule has 4 nitrogen and oxygen atoms in total. The SMILES string of the molecule is CN(CC1CCCO1)C(=O)C1CCCCN1.Cl. The van der Waals surface area contributed by atoms with Crippen molar-refractivity contribution >= 4 is 18.3 Å². The third kappa shape index (κ3) is 4.12. The Morgan fingerprint density at radius 3 is 2.76 bits per heavy atom. The number of halogens is 1. The number of likely N-dealkylation sites (N-methyl/N-ethyl adjacent to an activating group) is 1. The highest BCUT2D eigenvalue weighted by molar-refractivity contribution is 5.85. The standard InChI is InChI=1S/C12H22N2O2.ClH/c1-14(9-10-5-4-8-16-10)12(15)11-6-2-3-7-13-11;/h10-11,13H,2-9H2,1H3;1H. The average Bonchev–Trinajstić information content (AvgIpc) is 2.82. The summed E-state index contributed by atoms with van der Waals surface area (Å²) in [5, 5.41) is 3.29. The van der Waals surface area contributed by atoms with Gasteiger partial charge in [0.1, 0.15) is 0 Å². The summed E-state index contributed by atoms with van der Waals surface area (Å²) in [7, 11) is 1.89. The van der Waals surface area contributed by atoms with Crippen molar-refractivity contribution < 1.29 is 9.53 Å². The minimum absolute atomic E-state index is 0. The predicted molar refractivity (Wildman–Crippen MR) is 69.5 cm³/mol. The smallest absolute Gasteiger partial charge is 0.239 e. The summed E-state index contributed by atoms with van der Waals surface area (Å²) in [6.45, 7) is 2.58. The van der Waals surface area contributed by atoms with Gasteiger partial charge in [-0.05, 0) is 32.2 Å². The number of amides is 1. The van der Waals surface area contributed by atoms with E-state index >= 15 is 0 Å². The summed E-state index contributed by atoms with van der Waals surface area (Å²) >= 11 is 0. The van der Waals surface area contributed by atoms with Gasteiger partial charge >= 0.3 is 0 Å². The fourth-order valence-electron chi connectivity index (χ4n) is 2.51. The lowest BCUT2D eigenvalue weighted by molar-refractivity contribution is -0.134. The summed E-state index contributed by atoms with van der Waals surface area (Å²) in [5.74, 6) is 0.232. The molecule has 0 aromatic heterocycles. The molecule has 0 saturated carbocycles. The molecular weight excluding hydrogens is 240 g/mol. The molecule has 2 atom stereocenters. The summed E-state index contributed by atoms with van der Waals surface area (Å²) < 4.78 is 5.55. The molecule has 5 heteroatoms. The van der Waals surface area contributed by atoms with Crippen molar-refractivity contribution in [3.8, 4) is 0 Å². The van der Waals surface area contributed by atoms with E-state index < -0.39 is 0 Å². The number of hydrogen-bond donors (Lipinski definition) is 1. The van der Waals surface area contributed by atoms with Crippen LogP contribution in [0.15, 0.2) is 0 Å². The van der Waals surface area contributed by atoms with Gasteiger partial charge in [0, 0.05) is 20.2 Å². The Labute approximate surface area is 109 Å². The molecule has 0 radical (unpaired) electrons. The molecule has 2 unspecified atom stereocenters. The van der Waals surface area contributed by atoms with Crippen molar-refractivity contribution in [2.45, 2.75) is 44.2 Å². The number of piperidine rings is 1. The molecule has 0 aromatic carbocycles. The van der Waals surface area contributed by atoms with Gasteiger partial charge in [0.05, 0.1) is 12.1 Å². The molecule has 2 aliphatic heterocycles. The third-order valence-electron chi connectivity index (χ3n) is 3.49. The molecule has 0 spiro atoms. The first-order chi connectivity index (χ1) is 7.77. The second kappa shape index (κ2) is 7.19. The molecule has 1 N–H and O–H groups in total.